The van der Waals surface area contributed by atoms with E-state index in [4.69, 9.17) is 18.9 Å². The van der Waals surface area contributed by atoms with E-state index in [1.165, 1.54) is 109 Å². The second kappa shape index (κ2) is 52.0. The quantitative estimate of drug-likeness (QED) is 0.0204. The Morgan fingerprint density at radius 3 is 1.29 bits per heavy atom. The highest BCUT2D eigenvalue weighted by atomic mass is 16.7. The van der Waals surface area contributed by atoms with Gasteiger partial charge in [0.25, 0.3) is 0 Å². The molecule has 12 unspecified atom stereocenters. The van der Waals surface area contributed by atoms with Crippen LogP contribution >= 0.6 is 0 Å². The van der Waals surface area contributed by atoms with Gasteiger partial charge in [0.1, 0.15) is 48.8 Å². The van der Waals surface area contributed by atoms with Crippen LogP contribution in [-0.4, -0.2) is 140 Å². The third kappa shape index (κ3) is 36.5. The number of rotatable bonds is 50. The molecule has 0 aromatic carbocycles. The van der Waals surface area contributed by atoms with Crippen LogP contribution in [-0.2, 0) is 23.7 Å². The zero-order valence-electron chi connectivity index (χ0n) is 50.7. The van der Waals surface area contributed by atoms with Gasteiger partial charge in [0.05, 0.1) is 32.0 Å². The molecule has 82 heavy (non-hydrogen) atoms. The molecule has 0 aliphatic carbocycles. The summed E-state index contributed by atoms with van der Waals surface area (Å²) in [6.45, 7) is 2.66. The first-order valence-electron chi connectivity index (χ1n) is 32.1. The summed E-state index contributed by atoms with van der Waals surface area (Å²) >= 11 is 0. The smallest absolute Gasteiger partial charge is 0.220 e. The summed E-state index contributed by atoms with van der Waals surface area (Å²) in [6.07, 6.45) is 56.9. The number of unbranched alkanes of at least 4 members (excludes halogenated alkanes) is 21. The van der Waals surface area contributed by atoms with E-state index in [9.17, 15) is 45.6 Å². The molecule has 9 N–H and O–H groups in total. The maximum Gasteiger partial charge on any atom is 0.220 e. The van der Waals surface area contributed by atoms with Crippen molar-refractivity contribution in [3.8, 4) is 0 Å². The van der Waals surface area contributed by atoms with Gasteiger partial charge in [-0.2, -0.15) is 0 Å². The summed E-state index contributed by atoms with van der Waals surface area (Å²) in [5, 5.41) is 87.2. The van der Waals surface area contributed by atoms with Crippen molar-refractivity contribution in [2.24, 2.45) is 0 Å². The first-order chi connectivity index (χ1) is 40.1. The van der Waals surface area contributed by atoms with Gasteiger partial charge in [0.15, 0.2) is 12.6 Å². The second-order valence-electron chi connectivity index (χ2n) is 22.2. The number of hydrogen-bond acceptors (Lipinski definition) is 13. The molecule has 12 atom stereocenters. The summed E-state index contributed by atoms with van der Waals surface area (Å²) in [6, 6.07) is -0.947. The molecule has 1 amide bonds. The summed E-state index contributed by atoms with van der Waals surface area (Å²) in [4.78, 5) is 13.3. The zero-order valence-corrected chi connectivity index (χ0v) is 50.7. The molecule has 2 heterocycles. The van der Waals surface area contributed by atoms with Crippen molar-refractivity contribution >= 4 is 5.91 Å². The number of ether oxygens (including phenoxy) is 4. The number of amides is 1. The average Bonchev–Trinajstić information content (AvgIpc) is 3.67. The van der Waals surface area contributed by atoms with Crippen molar-refractivity contribution in [1.82, 2.24) is 5.32 Å². The Morgan fingerprint density at radius 2 is 0.841 bits per heavy atom. The molecule has 0 aromatic rings. The molecule has 2 rings (SSSR count). The van der Waals surface area contributed by atoms with Crippen LogP contribution < -0.4 is 5.32 Å². The number of nitrogens with one attached hydrogen (secondary N) is 1. The predicted octanol–water partition coefficient (Wildman–Crippen LogP) is 12.0. The van der Waals surface area contributed by atoms with E-state index >= 15 is 0 Å². The van der Waals surface area contributed by atoms with E-state index < -0.39 is 86.8 Å². The topological polar surface area (TPSA) is 228 Å². The number of aliphatic hydroxyl groups excluding tert-OH is 8. The predicted molar refractivity (Wildman–Crippen MR) is 332 cm³/mol. The number of carbonyl (C=O) groups excluding carboxylic acids is 1. The molecule has 0 bridgehead atoms. The Morgan fingerprint density at radius 1 is 0.451 bits per heavy atom. The minimum atomic E-state index is -1.80. The first kappa shape index (κ1) is 74.7. The standard InChI is InChI=1S/C68H115NO13/c1-3-5-7-9-11-13-15-17-19-21-23-25-26-27-28-29-30-32-34-36-38-40-42-44-46-48-50-52-60(73)69-56(57(72)51-49-47-45-43-41-39-37-35-33-31-24-22-20-18-16-14-12-10-8-6-4-2)55-79-67-65(78)63(76)66(59(54-71)81-67)82-68-64(77)62(75)61(74)58(53-70)80-68/h5,7,11,13,17,19,23,25,27-28,30,32,36,38,42,44,49,51,56-59,61-68,70-72,74-78H,3-4,6,8-10,12,14-16,18,20-22,24,26,29,31,33-35,37,39-41,43,45-48,50,52-55H2,1-2H3,(H,69,73)/b7-5-,13-11-,19-17-,25-23-,28-27-,32-30-,38-36-,44-42-,51-49+. The van der Waals surface area contributed by atoms with E-state index in [1.54, 1.807) is 6.08 Å². The van der Waals surface area contributed by atoms with Crippen LogP contribution in [0.4, 0.5) is 0 Å². The Hall–Kier alpha value is -3.35. The van der Waals surface area contributed by atoms with E-state index in [1.807, 2.05) is 6.08 Å². The molecule has 0 aromatic heterocycles. The van der Waals surface area contributed by atoms with E-state index in [0.29, 0.717) is 6.42 Å². The van der Waals surface area contributed by atoms with Gasteiger partial charge in [-0.25, -0.2) is 0 Å². The molecule has 0 saturated carbocycles. The largest absolute Gasteiger partial charge is 0.394 e. The van der Waals surface area contributed by atoms with Gasteiger partial charge in [0.2, 0.25) is 5.91 Å². The summed E-state index contributed by atoms with van der Waals surface area (Å²) in [5.41, 5.74) is 0. The minimum absolute atomic E-state index is 0.219. The van der Waals surface area contributed by atoms with Gasteiger partial charge in [-0.3, -0.25) is 4.79 Å². The van der Waals surface area contributed by atoms with Gasteiger partial charge >= 0.3 is 0 Å². The molecule has 470 valence electrons. The second-order valence-corrected chi connectivity index (χ2v) is 22.2. The zero-order chi connectivity index (χ0) is 59.5. The van der Waals surface area contributed by atoms with Gasteiger partial charge in [-0.05, 0) is 83.5 Å². The van der Waals surface area contributed by atoms with Crippen molar-refractivity contribution in [3.05, 3.63) is 109 Å². The number of aliphatic hydroxyl groups is 8. The fourth-order valence-electron chi connectivity index (χ4n) is 9.84. The van der Waals surface area contributed by atoms with Crippen LogP contribution in [0.25, 0.3) is 0 Å². The third-order valence-electron chi connectivity index (χ3n) is 15.0. The highest BCUT2D eigenvalue weighted by Gasteiger charge is 2.51. The van der Waals surface area contributed by atoms with Gasteiger partial charge < -0.3 is 65.1 Å². The Kier molecular flexibility index (Phi) is 47.4. The maximum absolute atomic E-state index is 13.3. The van der Waals surface area contributed by atoms with Crippen molar-refractivity contribution in [1.29, 1.82) is 0 Å². The first-order valence-corrected chi connectivity index (χ1v) is 32.1. The molecule has 2 aliphatic heterocycles. The lowest BCUT2D eigenvalue weighted by atomic mass is 9.97. The van der Waals surface area contributed by atoms with Crippen LogP contribution in [0.15, 0.2) is 109 Å². The molecule has 0 spiro atoms. The van der Waals surface area contributed by atoms with Crippen LogP contribution in [0.3, 0.4) is 0 Å². The fourth-order valence-corrected chi connectivity index (χ4v) is 9.84. The van der Waals surface area contributed by atoms with Crippen LogP contribution in [0.1, 0.15) is 219 Å². The monoisotopic (exact) mass is 1150 g/mol. The van der Waals surface area contributed by atoms with E-state index in [-0.39, 0.29) is 18.9 Å². The Labute approximate surface area is 495 Å². The third-order valence-corrected chi connectivity index (χ3v) is 15.0. The molecular weight excluding hydrogens is 1040 g/mol. The maximum atomic E-state index is 13.3. The lowest BCUT2D eigenvalue weighted by Gasteiger charge is -2.46. The van der Waals surface area contributed by atoms with Crippen LogP contribution in [0.2, 0.25) is 0 Å². The van der Waals surface area contributed by atoms with Crippen LogP contribution in [0.5, 0.6) is 0 Å². The molecule has 2 aliphatic rings. The molecular formula is C68H115NO13. The minimum Gasteiger partial charge on any atom is -0.394 e. The van der Waals surface area contributed by atoms with Crippen molar-refractivity contribution in [3.63, 3.8) is 0 Å². The molecule has 14 nitrogen and oxygen atoms in total. The molecule has 0 radical (unpaired) electrons. The van der Waals surface area contributed by atoms with Gasteiger partial charge in [-0.1, -0.05) is 239 Å². The summed E-state index contributed by atoms with van der Waals surface area (Å²) < 4.78 is 22.8. The van der Waals surface area contributed by atoms with Crippen LogP contribution in [0, 0.1) is 0 Å². The number of carbonyl (C=O) groups is 1. The summed E-state index contributed by atoms with van der Waals surface area (Å²) in [5.74, 6) is -0.285. The fraction of sp³-hybridized carbons (Fsp3) is 0.721. The van der Waals surface area contributed by atoms with Crippen molar-refractivity contribution < 1.29 is 64.6 Å². The SMILES string of the molecule is CC/C=C\C/C=C\C/C=C\C/C=C\C/C=C\C/C=C\C/C=C\C/C=C\CCCCC(=O)NC(COC1OC(CO)C(OC2OC(CO)C(O)C(O)C2O)C(O)C1O)C(O)/C=C/CCCCCCCCCCCCCCCCCCCCC. The highest BCUT2D eigenvalue weighted by Crippen LogP contribution is 2.30. The highest BCUT2D eigenvalue weighted by molar-refractivity contribution is 5.76. The number of allylic oxidation sites excluding steroid dienone is 17. The number of hydrogen-bond donors (Lipinski definition) is 9. The Bertz CT molecular complexity index is 1790. The van der Waals surface area contributed by atoms with Gasteiger partial charge in [-0.15, -0.1) is 0 Å². The average molecular weight is 1150 g/mol. The van der Waals surface area contributed by atoms with E-state index in [2.05, 4.69) is 116 Å². The van der Waals surface area contributed by atoms with Crippen molar-refractivity contribution in [2.45, 2.75) is 293 Å². The van der Waals surface area contributed by atoms with Crippen molar-refractivity contribution in [2.75, 3.05) is 19.8 Å². The normalized spacial score (nSPS) is 24.7. The van der Waals surface area contributed by atoms with Gasteiger partial charge in [0, 0.05) is 6.42 Å². The van der Waals surface area contributed by atoms with E-state index in [0.717, 1.165) is 83.5 Å². The molecule has 14 heteroatoms. The Balaban J connectivity index is 1.77. The lowest BCUT2D eigenvalue weighted by molar-refractivity contribution is -0.359. The lowest BCUT2D eigenvalue weighted by Crippen LogP contribution is -2.65. The molecule has 2 saturated heterocycles. The molecule has 2 fully saturated rings. The summed E-state index contributed by atoms with van der Waals surface area (Å²) in [7, 11) is 0.